The average molecular weight is 182 g/mol. The Kier molecular flexibility index (Phi) is 7.73. The molecule has 0 fully saturated rings. The first-order valence-corrected chi connectivity index (χ1v) is 5.41. The molecule has 0 aliphatic carbocycles. The van der Waals surface area contributed by atoms with Crippen molar-refractivity contribution < 1.29 is 0 Å². The second-order valence-electron chi connectivity index (χ2n) is 3.41. The van der Waals surface area contributed by atoms with Crippen molar-refractivity contribution in [1.82, 2.24) is 4.90 Å². The molecule has 0 aromatic carbocycles. The van der Waals surface area contributed by atoms with Crippen molar-refractivity contribution in [3.63, 3.8) is 0 Å². The SMILES string of the molecule is CCCCN(CC)C(CC)CC#N. The van der Waals surface area contributed by atoms with Gasteiger partial charge in [0.25, 0.3) is 0 Å². The molecule has 13 heavy (non-hydrogen) atoms. The predicted octanol–water partition coefficient (Wildman–Crippen LogP) is 2.80. The summed E-state index contributed by atoms with van der Waals surface area (Å²) in [6.07, 6.45) is 4.24. The minimum Gasteiger partial charge on any atom is -0.300 e. The minimum atomic E-state index is 0.474. The van der Waals surface area contributed by atoms with E-state index in [9.17, 15) is 0 Å². The van der Waals surface area contributed by atoms with Crippen LogP contribution in [0.3, 0.4) is 0 Å². The molecule has 1 unspecified atom stereocenters. The van der Waals surface area contributed by atoms with Gasteiger partial charge in [0.15, 0.2) is 0 Å². The Morgan fingerprint density at radius 2 is 2.00 bits per heavy atom. The van der Waals surface area contributed by atoms with Crippen LogP contribution < -0.4 is 0 Å². The van der Waals surface area contributed by atoms with E-state index in [1.807, 2.05) is 0 Å². The van der Waals surface area contributed by atoms with Gasteiger partial charge in [-0.05, 0) is 25.9 Å². The number of nitrogens with zero attached hydrogens (tertiary/aromatic N) is 2. The van der Waals surface area contributed by atoms with Crippen molar-refractivity contribution in [1.29, 1.82) is 5.26 Å². The van der Waals surface area contributed by atoms with E-state index in [1.54, 1.807) is 0 Å². The van der Waals surface area contributed by atoms with E-state index < -0.39 is 0 Å². The van der Waals surface area contributed by atoms with Gasteiger partial charge in [0.2, 0.25) is 0 Å². The van der Waals surface area contributed by atoms with Gasteiger partial charge in [-0.3, -0.25) is 4.90 Å². The molecule has 2 heteroatoms. The molecule has 0 heterocycles. The van der Waals surface area contributed by atoms with Crippen LogP contribution in [0.1, 0.15) is 46.5 Å². The van der Waals surface area contributed by atoms with Crippen LogP contribution in [0.15, 0.2) is 0 Å². The quantitative estimate of drug-likeness (QED) is 0.605. The van der Waals surface area contributed by atoms with E-state index in [2.05, 4.69) is 31.7 Å². The maximum atomic E-state index is 8.66. The second kappa shape index (κ2) is 8.07. The fourth-order valence-corrected chi connectivity index (χ4v) is 1.60. The van der Waals surface area contributed by atoms with E-state index in [-0.39, 0.29) is 0 Å². The molecule has 0 bridgehead atoms. The lowest BCUT2D eigenvalue weighted by Gasteiger charge is -2.28. The molecular weight excluding hydrogens is 160 g/mol. The molecule has 0 saturated carbocycles. The van der Waals surface area contributed by atoms with Crippen LogP contribution in [-0.2, 0) is 0 Å². The summed E-state index contributed by atoms with van der Waals surface area (Å²) in [6.45, 7) is 8.76. The normalized spacial score (nSPS) is 12.8. The molecule has 0 radical (unpaired) electrons. The summed E-state index contributed by atoms with van der Waals surface area (Å²) in [5.74, 6) is 0. The zero-order valence-electron chi connectivity index (χ0n) is 9.21. The molecule has 0 N–H and O–H groups in total. The summed E-state index contributed by atoms with van der Waals surface area (Å²) in [6, 6.07) is 2.74. The maximum absolute atomic E-state index is 8.66. The second-order valence-corrected chi connectivity index (χ2v) is 3.41. The lowest BCUT2D eigenvalue weighted by atomic mass is 10.1. The van der Waals surface area contributed by atoms with Crippen LogP contribution in [-0.4, -0.2) is 24.0 Å². The van der Waals surface area contributed by atoms with Crippen LogP contribution in [0, 0.1) is 11.3 Å². The lowest BCUT2D eigenvalue weighted by molar-refractivity contribution is 0.200. The molecule has 0 saturated heterocycles. The van der Waals surface area contributed by atoms with Crippen LogP contribution in [0.4, 0.5) is 0 Å². The van der Waals surface area contributed by atoms with Gasteiger partial charge < -0.3 is 0 Å². The largest absolute Gasteiger partial charge is 0.300 e. The lowest BCUT2D eigenvalue weighted by Crippen LogP contribution is -2.35. The Morgan fingerprint density at radius 3 is 2.38 bits per heavy atom. The highest BCUT2D eigenvalue weighted by Crippen LogP contribution is 2.09. The molecule has 0 amide bonds. The summed E-state index contributed by atoms with van der Waals surface area (Å²) in [5, 5.41) is 8.66. The highest BCUT2D eigenvalue weighted by Gasteiger charge is 2.13. The summed E-state index contributed by atoms with van der Waals surface area (Å²) in [7, 11) is 0. The van der Waals surface area contributed by atoms with Crippen LogP contribution in [0.5, 0.6) is 0 Å². The van der Waals surface area contributed by atoms with Crippen molar-refractivity contribution >= 4 is 0 Å². The summed E-state index contributed by atoms with van der Waals surface area (Å²) >= 11 is 0. The standard InChI is InChI=1S/C11H22N2/c1-4-7-10-13(6-3)11(5-2)8-9-12/h11H,4-8,10H2,1-3H3. The van der Waals surface area contributed by atoms with E-state index in [0.29, 0.717) is 12.5 Å². The molecule has 0 aromatic heterocycles. The van der Waals surface area contributed by atoms with Crippen LogP contribution in [0.2, 0.25) is 0 Å². The van der Waals surface area contributed by atoms with Crippen molar-refractivity contribution in [3.8, 4) is 6.07 Å². The van der Waals surface area contributed by atoms with Gasteiger partial charge in [-0.2, -0.15) is 5.26 Å². The summed E-state index contributed by atoms with van der Waals surface area (Å²) < 4.78 is 0. The Labute approximate surface area is 82.5 Å². The van der Waals surface area contributed by atoms with Gasteiger partial charge in [0.1, 0.15) is 0 Å². The van der Waals surface area contributed by atoms with Crippen molar-refractivity contribution in [3.05, 3.63) is 0 Å². The molecule has 0 aliphatic heterocycles. The zero-order chi connectivity index (χ0) is 10.1. The number of hydrogen-bond donors (Lipinski definition) is 0. The number of hydrogen-bond acceptors (Lipinski definition) is 2. The van der Waals surface area contributed by atoms with Crippen molar-refractivity contribution in [2.45, 2.75) is 52.5 Å². The highest BCUT2D eigenvalue weighted by molar-refractivity contribution is 4.81. The van der Waals surface area contributed by atoms with Crippen LogP contribution in [0.25, 0.3) is 0 Å². The Hall–Kier alpha value is -0.550. The summed E-state index contributed by atoms with van der Waals surface area (Å²) in [4.78, 5) is 2.42. The third-order valence-corrected chi connectivity index (χ3v) is 2.52. The first kappa shape index (κ1) is 12.4. The molecule has 76 valence electrons. The fourth-order valence-electron chi connectivity index (χ4n) is 1.60. The Morgan fingerprint density at radius 1 is 1.31 bits per heavy atom. The maximum Gasteiger partial charge on any atom is 0.0638 e. The third-order valence-electron chi connectivity index (χ3n) is 2.52. The number of unbranched alkanes of at least 4 members (excludes halogenated alkanes) is 1. The predicted molar refractivity (Wildman–Crippen MR) is 56.5 cm³/mol. The van der Waals surface area contributed by atoms with Crippen molar-refractivity contribution in [2.75, 3.05) is 13.1 Å². The Balaban J connectivity index is 3.93. The first-order chi connectivity index (χ1) is 6.29. The topological polar surface area (TPSA) is 27.0 Å². The van der Waals surface area contributed by atoms with Gasteiger partial charge in [-0.15, -0.1) is 0 Å². The zero-order valence-corrected chi connectivity index (χ0v) is 9.21. The number of rotatable bonds is 7. The van der Waals surface area contributed by atoms with Gasteiger partial charge in [0, 0.05) is 6.04 Å². The highest BCUT2D eigenvalue weighted by atomic mass is 15.1. The van der Waals surface area contributed by atoms with E-state index in [4.69, 9.17) is 5.26 Å². The van der Waals surface area contributed by atoms with Gasteiger partial charge in [0.05, 0.1) is 12.5 Å². The molecule has 2 nitrogen and oxygen atoms in total. The monoisotopic (exact) mass is 182 g/mol. The average Bonchev–Trinajstić information content (AvgIpc) is 2.17. The Bertz CT molecular complexity index is 149. The van der Waals surface area contributed by atoms with E-state index >= 15 is 0 Å². The smallest absolute Gasteiger partial charge is 0.0638 e. The number of nitriles is 1. The molecule has 0 spiro atoms. The van der Waals surface area contributed by atoms with Crippen LogP contribution >= 0.6 is 0 Å². The first-order valence-electron chi connectivity index (χ1n) is 5.41. The third kappa shape index (κ3) is 4.90. The molecular formula is C11H22N2. The molecule has 0 rings (SSSR count). The summed E-state index contributed by atoms with van der Waals surface area (Å²) in [5.41, 5.74) is 0. The minimum absolute atomic E-state index is 0.474. The molecule has 0 aromatic rings. The molecule has 0 aliphatic rings. The van der Waals surface area contributed by atoms with Crippen molar-refractivity contribution in [2.24, 2.45) is 0 Å². The fraction of sp³-hybridized carbons (Fsp3) is 0.909. The van der Waals surface area contributed by atoms with Gasteiger partial charge in [-0.1, -0.05) is 27.2 Å². The van der Waals surface area contributed by atoms with E-state index in [1.165, 1.54) is 12.8 Å². The van der Waals surface area contributed by atoms with Gasteiger partial charge >= 0.3 is 0 Å². The van der Waals surface area contributed by atoms with Gasteiger partial charge in [-0.25, -0.2) is 0 Å². The molecule has 1 atom stereocenters. The van der Waals surface area contributed by atoms with E-state index in [0.717, 1.165) is 19.5 Å².